The van der Waals surface area contributed by atoms with E-state index in [2.05, 4.69) is 0 Å². The van der Waals surface area contributed by atoms with E-state index in [1.165, 1.54) is 11.4 Å². The molecule has 1 aromatic rings. The SMILES string of the molecule is CN(CC(=O)O)C(=O)C1CCN(S(=O)(=O)c2ccc(F)c(Cl)c2)CC1. The van der Waals surface area contributed by atoms with Crippen molar-refractivity contribution in [1.29, 1.82) is 0 Å². The first-order valence-corrected chi connectivity index (χ1v) is 9.36. The molecule has 2 rings (SSSR count). The van der Waals surface area contributed by atoms with Crippen LogP contribution >= 0.6 is 11.6 Å². The summed E-state index contributed by atoms with van der Waals surface area (Å²) in [5.41, 5.74) is 0. The number of aliphatic carboxylic acids is 1. The molecular formula is C15H18ClFN2O5S. The number of carbonyl (C=O) groups excluding carboxylic acids is 1. The van der Waals surface area contributed by atoms with Gasteiger partial charge in [-0.05, 0) is 31.0 Å². The van der Waals surface area contributed by atoms with Gasteiger partial charge in [0.25, 0.3) is 0 Å². The Morgan fingerprint density at radius 2 is 1.96 bits per heavy atom. The predicted octanol–water partition coefficient (Wildman–Crippen LogP) is 1.42. The summed E-state index contributed by atoms with van der Waals surface area (Å²) in [6.07, 6.45) is 0.577. The third-order valence-electron chi connectivity index (χ3n) is 4.08. The van der Waals surface area contributed by atoms with Crippen molar-refractivity contribution in [3.8, 4) is 0 Å². The van der Waals surface area contributed by atoms with Gasteiger partial charge in [-0.1, -0.05) is 11.6 Å². The highest BCUT2D eigenvalue weighted by Gasteiger charge is 2.33. The fraction of sp³-hybridized carbons (Fsp3) is 0.467. The maximum absolute atomic E-state index is 13.2. The zero-order chi connectivity index (χ0) is 18.8. The van der Waals surface area contributed by atoms with Gasteiger partial charge in [0.05, 0.1) is 9.92 Å². The quantitative estimate of drug-likeness (QED) is 0.817. The molecule has 0 aliphatic carbocycles. The number of likely N-dealkylation sites (N-methyl/N-ethyl adjacent to an activating group) is 1. The van der Waals surface area contributed by atoms with E-state index in [1.54, 1.807) is 0 Å². The molecule has 138 valence electrons. The summed E-state index contributed by atoms with van der Waals surface area (Å²) in [6.45, 7) is -0.158. The summed E-state index contributed by atoms with van der Waals surface area (Å²) >= 11 is 5.64. The molecule has 0 radical (unpaired) electrons. The summed E-state index contributed by atoms with van der Waals surface area (Å²) in [4.78, 5) is 23.9. The third-order valence-corrected chi connectivity index (χ3v) is 6.26. The number of benzene rings is 1. The molecule has 1 heterocycles. The van der Waals surface area contributed by atoms with Crippen LogP contribution in [-0.4, -0.2) is 61.3 Å². The topological polar surface area (TPSA) is 95.0 Å². The second kappa shape index (κ2) is 7.67. The highest BCUT2D eigenvalue weighted by molar-refractivity contribution is 7.89. The fourth-order valence-corrected chi connectivity index (χ4v) is 4.46. The van der Waals surface area contributed by atoms with E-state index < -0.39 is 34.3 Å². The van der Waals surface area contributed by atoms with E-state index in [9.17, 15) is 22.4 Å². The van der Waals surface area contributed by atoms with Gasteiger partial charge in [0.2, 0.25) is 15.9 Å². The second-order valence-corrected chi connectivity index (χ2v) is 8.19. The number of halogens is 2. The molecule has 1 fully saturated rings. The number of nitrogens with zero attached hydrogens (tertiary/aromatic N) is 2. The minimum Gasteiger partial charge on any atom is -0.480 e. The summed E-state index contributed by atoms with van der Waals surface area (Å²) in [7, 11) is -2.42. The van der Waals surface area contributed by atoms with Crippen LogP contribution in [0, 0.1) is 11.7 Å². The van der Waals surface area contributed by atoms with E-state index in [-0.39, 0.29) is 41.8 Å². The molecule has 0 spiro atoms. The number of hydrogen-bond donors (Lipinski definition) is 1. The lowest BCUT2D eigenvalue weighted by atomic mass is 9.97. The maximum Gasteiger partial charge on any atom is 0.323 e. The van der Waals surface area contributed by atoms with Crippen LogP contribution < -0.4 is 0 Å². The van der Waals surface area contributed by atoms with Gasteiger partial charge in [-0.15, -0.1) is 0 Å². The average Bonchev–Trinajstić information content (AvgIpc) is 2.56. The van der Waals surface area contributed by atoms with Gasteiger partial charge in [0.1, 0.15) is 12.4 Å². The summed E-state index contributed by atoms with van der Waals surface area (Å²) in [5, 5.41) is 8.45. The molecule has 1 aliphatic heterocycles. The minimum atomic E-state index is -3.83. The van der Waals surface area contributed by atoms with Crippen molar-refractivity contribution in [3.63, 3.8) is 0 Å². The lowest BCUT2D eigenvalue weighted by Gasteiger charge is -2.32. The van der Waals surface area contributed by atoms with Gasteiger partial charge in [0, 0.05) is 26.1 Å². The maximum atomic E-state index is 13.2. The number of carbonyl (C=O) groups is 2. The van der Waals surface area contributed by atoms with Gasteiger partial charge in [-0.2, -0.15) is 4.31 Å². The Hall–Kier alpha value is -1.71. The normalized spacial score (nSPS) is 16.6. The molecule has 7 nitrogen and oxygen atoms in total. The van der Waals surface area contributed by atoms with Crippen molar-refractivity contribution >= 4 is 33.5 Å². The van der Waals surface area contributed by atoms with Crippen LogP contribution in [0.4, 0.5) is 4.39 Å². The third kappa shape index (κ3) is 4.47. The van der Waals surface area contributed by atoms with E-state index in [0.29, 0.717) is 0 Å². The first kappa shape index (κ1) is 19.6. The predicted molar refractivity (Wildman–Crippen MR) is 88.2 cm³/mol. The average molecular weight is 393 g/mol. The Balaban J connectivity index is 2.04. The van der Waals surface area contributed by atoms with Gasteiger partial charge >= 0.3 is 5.97 Å². The highest BCUT2D eigenvalue weighted by atomic mass is 35.5. The molecule has 0 bridgehead atoms. The highest BCUT2D eigenvalue weighted by Crippen LogP contribution is 2.27. The molecular weight excluding hydrogens is 375 g/mol. The largest absolute Gasteiger partial charge is 0.480 e. The number of piperidine rings is 1. The molecule has 1 aliphatic rings. The van der Waals surface area contributed by atoms with Crippen molar-refractivity contribution in [2.75, 3.05) is 26.7 Å². The van der Waals surface area contributed by atoms with Crippen LogP contribution in [0.1, 0.15) is 12.8 Å². The van der Waals surface area contributed by atoms with E-state index in [4.69, 9.17) is 16.7 Å². The van der Waals surface area contributed by atoms with Crippen LogP contribution in [0.2, 0.25) is 5.02 Å². The number of carboxylic acids is 1. The lowest BCUT2D eigenvalue weighted by molar-refractivity contribution is -0.145. The summed E-state index contributed by atoms with van der Waals surface area (Å²) < 4.78 is 39.6. The molecule has 0 unspecified atom stereocenters. The molecule has 1 N–H and O–H groups in total. The van der Waals surface area contributed by atoms with Crippen molar-refractivity contribution in [2.45, 2.75) is 17.7 Å². The molecule has 25 heavy (non-hydrogen) atoms. The molecule has 0 saturated carbocycles. The Morgan fingerprint density at radius 3 is 2.48 bits per heavy atom. The van der Waals surface area contributed by atoms with Gasteiger partial charge in [-0.25, -0.2) is 12.8 Å². The number of hydrogen-bond acceptors (Lipinski definition) is 4. The number of sulfonamides is 1. The zero-order valence-electron chi connectivity index (χ0n) is 13.5. The van der Waals surface area contributed by atoms with Crippen LogP contribution in [0.15, 0.2) is 23.1 Å². The van der Waals surface area contributed by atoms with Crippen LogP contribution in [0.25, 0.3) is 0 Å². The zero-order valence-corrected chi connectivity index (χ0v) is 15.1. The van der Waals surface area contributed by atoms with E-state index in [0.717, 1.165) is 23.1 Å². The fourth-order valence-electron chi connectivity index (χ4n) is 2.72. The van der Waals surface area contributed by atoms with Gasteiger partial charge < -0.3 is 10.0 Å². The number of amides is 1. The molecule has 1 aromatic carbocycles. The van der Waals surface area contributed by atoms with E-state index in [1.807, 2.05) is 0 Å². The van der Waals surface area contributed by atoms with Crippen LogP contribution in [-0.2, 0) is 19.6 Å². The monoisotopic (exact) mass is 392 g/mol. The Morgan fingerprint density at radius 1 is 1.36 bits per heavy atom. The van der Waals surface area contributed by atoms with Crippen LogP contribution in [0.3, 0.4) is 0 Å². The first-order chi connectivity index (χ1) is 11.6. The number of rotatable bonds is 5. The van der Waals surface area contributed by atoms with Crippen LogP contribution in [0.5, 0.6) is 0 Å². The van der Waals surface area contributed by atoms with Crippen molar-refractivity contribution in [1.82, 2.24) is 9.21 Å². The standard InChI is InChI=1S/C15H18ClFN2O5S/c1-18(9-14(20)21)15(22)10-4-6-19(7-5-10)25(23,24)11-2-3-13(17)12(16)8-11/h2-3,8,10H,4-7,9H2,1H3,(H,20,21). The van der Waals surface area contributed by atoms with Crippen molar-refractivity contribution in [3.05, 3.63) is 29.0 Å². The minimum absolute atomic E-state index is 0.105. The smallest absolute Gasteiger partial charge is 0.323 e. The van der Waals surface area contributed by atoms with Gasteiger partial charge in [0.15, 0.2) is 0 Å². The summed E-state index contributed by atoms with van der Waals surface area (Å²) in [6, 6.07) is 3.20. The van der Waals surface area contributed by atoms with Crippen molar-refractivity contribution < 1.29 is 27.5 Å². The molecule has 10 heteroatoms. The van der Waals surface area contributed by atoms with Crippen molar-refractivity contribution in [2.24, 2.45) is 5.92 Å². The molecule has 0 atom stereocenters. The van der Waals surface area contributed by atoms with E-state index >= 15 is 0 Å². The Kier molecular flexibility index (Phi) is 6.02. The molecule has 1 saturated heterocycles. The molecule has 0 aromatic heterocycles. The summed E-state index contributed by atoms with van der Waals surface area (Å²) in [5.74, 6) is -2.55. The Bertz CT molecular complexity index is 778. The second-order valence-electron chi connectivity index (χ2n) is 5.84. The first-order valence-electron chi connectivity index (χ1n) is 7.55. The molecule has 1 amide bonds. The number of carboxylic acid groups (broad SMARTS) is 1. The van der Waals surface area contributed by atoms with Gasteiger partial charge in [-0.3, -0.25) is 9.59 Å². The lowest BCUT2D eigenvalue weighted by Crippen LogP contribution is -2.44. The Labute approximate surface area is 150 Å².